The third-order valence-electron chi connectivity index (χ3n) is 5.01. The maximum Gasteiger partial charge on any atom is 0.341 e. The Morgan fingerprint density at radius 1 is 1.26 bits per heavy atom. The molecule has 1 aliphatic heterocycles. The lowest BCUT2D eigenvalue weighted by Crippen LogP contribution is -2.44. The monoisotopic (exact) mass is 369 g/mol. The lowest BCUT2D eigenvalue weighted by molar-refractivity contribution is 0.0699. The fourth-order valence-corrected chi connectivity index (χ4v) is 3.41. The molecule has 4 heterocycles. The second-order valence-electron chi connectivity index (χ2n) is 6.88. The molecule has 9 nitrogen and oxygen atoms in total. The number of anilines is 1. The van der Waals surface area contributed by atoms with Gasteiger partial charge in [0.25, 0.3) is 0 Å². The predicted molar refractivity (Wildman–Crippen MR) is 102 cm³/mol. The summed E-state index contributed by atoms with van der Waals surface area (Å²) in [4.78, 5) is 24.9. The smallest absolute Gasteiger partial charge is 0.341 e. The summed E-state index contributed by atoms with van der Waals surface area (Å²) in [6, 6.07) is 1.87. The first kappa shape index (κ1) is 17.6. The fraction of sp³-hybridized carbons (Fsp3) is 0.444. The number of carbonyl (C=O) groups is 1. The van der Waals surface area contributed by atoms with Gasteiger partial charge in [-0.3, -0.25) is 4.98 Å². The van der Waals surface area contributed by atoms with Crippen LogP contribution in [0.25, 0.3) is 16.6 Å². The molecule has 4 rings (SSSR count). The van der Waals surface area contributed by atoms with Crippen molar-refractivity contribution >= 4 is 28.3 Å². The van der Waals surface area contributed by atoms with Gasteiger partial charge in [0.1, 0.15) is 11.4 Å². The quantitative estimate of drug-likeness (QED) is 0.622. The number of carboxylic acid groups (broad SMARTS) is 1. The van der Waals surface area contributed by atoms with Gasteiger partial charge in [0.2, 0.25) is 0 Å². The van der Waals surface area contributed by atoms with E-state index >= 15 is 0 Å². The molecule has 1 saturated heterocycles. The Morgan fingerprint density at radius 3 is 2.85 bits per heavy atom. The molecule has 9 heteroatoms. The van der Waals surface area contributed by atoms with Crippen molar-refractivity contribution in [3.63, 3.8) is 0 Å². The first-order valence-electron chi connectivity index (χ1n) is 9.13. The number of carboxylic acids is 1. The number of nitrogens with zero attached hydrogens (tertiary/aromatic N) is 6. The second kappa shape index (κ2) is 7.45. The van der Waals surface area contributed by atoms with Crippen molar-refractivity contribution in [2.45, 2.75) is 6.42 Å². The Balaban J connectivity index is 1.51. The molecule has 1 fully saturated rings. The van der Waals surface area contributed by atoms with Crippen LogP contribution < -0.4 is 5.32 Å². The molecule has 0 unspecified atom stereocenters. The number of aromatic nitrogens is 4. The number of rotatable bonds is 6. The van der Waals surface area contributed by atoms with Crippen LogP contribution in [-0.2, 0) is 0 Å². The van der Waals surface area contributed by atoms with Gasteiger partial charge in [-0.2, -0.15) is 5.10 Å². The molecule has 0 atom stereocenters. The molecule has 2 N–H and O–H groups in total. The zero-order chi connectivity index (χ0) is 18.8. The van der Waals surface area contributed by atoms with Crippen molar-refractivity contribution in [3.8, 4) is 0 Å². The molecule has 0 bridgehead atoms. The zero-order valence-corrected chi connectivity index (χ0v) is 15.3. The number of aromatic carboxylic acids is 1. The van der Waals surface area contributed by atoms with E-state index in [1.165, 1.54) is 10.7 Å². The summed E-state index contributed by atoms with van der Waals surface area (Å²) in [6.45, 7) is 6.24. The molecule has 0 amide bonds. The lowest BCUT2D eigenvalue weighted by atomic mass is 10.2. The Morgan fingerprint density at radius 2 is 2.07 bits per heavy atom. The van der Waals surface area contributed by atoms with Crippen LogP contribution in [0.1, 0.15) is 16.8 Å². The average molecular weight is 369 g/mol. The highest BCUT2D eigenvalue weighted by atomic mass is 16.4. The molecule has 0 spiro atoms. The summed E-state index contributed by atoms with van der Waals surface area (Å²) in [6.07, 6.45) is 5.70. The number of nitrogens with one attached hydrogen (secondary N) is 1. The molecule has 1 aliphatic rings. The van der Waals surface area contributed by atoms with Crippen LogP contribution in [0.4, 0.5) is 5.82 Å². The second-order valence-corrected chi connectivity index (χ2v) is 6.88. The van der Waals surface area contributed by atoms with Gasteiger partial charge in [0, 0.05) is 44.3 Å². The number of likely N-dealkylation sites (N-methyl/N-ethyl adjacent to an activating group) is 1. The van der Waals surface area contributed by atoms with Crippen LogP contribution in [0, 0.1) is 0 Å². The highest BCUT2D eigenvalue weighted by Gasteiger charge is 2.17. The van der Waals surface area contributed by atoms with Gasteiger partial charge >= 0.3 is 5.97 Å². The third-order valence-corrected chi connectivity index (χ3v) is 5.01. The highest BCUT2D eigenvalue weighted by Crippen LogP contribution is 2.23. The molecule has 142 valence electrons. The Hall–Kier alpha value is -2.78. The van der Waals surface area contributed by atoms with Crippen molar-refractivity contribution in [2.24, 2.45) is 0 Å². The van der Waals surface area contributed by atoms with Crippen molar-refractivity contribution in [1.29, 1.82) is 0 Å². The first-order valence-corrected chi connectivity index (χ1v) is 9.13. The van der Waals surface area contributed by atoms with Gasteiger partial charge in [0.15, 0.2) is 5.65 Å². The van der Waals surface area contributed by atoms with E-state index in [2.05, 4.69) is 37.2 Å². The molecule has 3 aromatic heterocycles. The largest absolute Gasteiger partial charge is 0.477 e. The van der Waals surface area contributed by atoms with Gasteiger partial charge in [-0.25, -0.2) is 14.3 Å². The molecule has 27 heavy (non-hydrogen) atoms. The van der Waals surface area contributed by atoms with Crippen LogP contribution in [0.3, 0.4) is 0 Å². The number of hydrogen-bond acceptors (Lipinski definition) is 7. The van der Waals surface area contributed by atoms with Crippen LogP contribution in [-0.4, -0.2) is 86.8 Å². The topological polar surface area (TPSA) is 98.9 Å². The molecule has 0 radical (unpaired) electrons. The van der Waals surface area contributed by atoms with Gasteiger partial charge in [-0.1, -0.05) is 0 Å². The lowest BCUT2D eigenvalue weighted by Gasteiger charge is -2.32. The molecule has 0 aliphatic carbocycles. The minimum absolute atomic E-state index is 0.0845. The van der Waals surface area contributed by atoms with E-state index in [1.807, 2.05) is 6.07 Å². The Bertz CT molecular complexity index is 963. The molecular weight excluding hydrogens is 346 g/mol. The maximum atomic E-state index is 11.4. The minimum Gasteiger partial charge on any atom is -0.477 e. The van der Waals surface area contributed by atoms with E-state index in [-0.39, 0.29) is 5.56 Å². The summed E-state index contributed by atoms with van der Waals surface area (Å²) >= 11 is 0. The van der Waals surface area contributed by atoms with Crippen LogP contribution in [0.5, 0.6) is 0 Å². The Kier molecular flexibility index (Phi) is 4.87. The predicted octanol–water partition coefficient (Wildman–Crippen LogP) is 1.03. The number of fused-ring (bicyclic) bond motifs is 3. The summed E-state index contributed by atoms with van der Waals surface area (Å²) in [5.74, 6) is -0.372. The SMILES string of the molecule is CN1CCN(CCCNc2nc3c(C(=O)O)cnn3c3cnccc23)CC1. The van der Waals surface area contributed by atoms with E-state index < -0.39 is 5.97 Å². The number of hydrogen-bond donors (Lipinski definition) is 2. The van der Waals surface area contributed by atoms with E-state index in [0.29, 0.717) is 11.5 Å². The summed E-state index contributed by atoms with van der Waals surface area (Å²) in [7, 11) is 2.16. The summed E-state index contributed by atoms with van der Waals surface area (Å²) in [5, 5.41) is 17.8. The van der Waals surface area contributed by atoms with E-state index in [4.69, 9.17) is 0 Å². The number of piperazine rings is 1. The Labute approximate surface area is 156 Å². The highest BCUT2D eigenvalue weighted by molar-refractivity contribution is 5.98. The van der Waals surface area contributed by atoms with Crippen LogP contribution in [0.2, 0.25) is 0 Å². The van der Waals surface area contributed by atoms with Crippen molar-refractivity contribution in [1.82, 2.24) is 29.4 Å². The van der Waals surface area contributed by atoms with Crippen molar-refractivity contribution in [2.75, 3.05) is 51.6 Å². The molecule has 3 aromatic rings. The van der Waals surface area contributed by atoms with Crippen LogP contribution >= 0.6 is 0 Å². The maximum absolute atomic E-state index is 11.4. The molecular formula is C18H23N7O2. The normalized spacial score (nSPS) is 16.2. The van der Waals surface area contributed by atoms with Crippen molar-refractivity contribution < 1.29 is 9.90 Å². The zero-order valence-electron chi connectivity index (χ0n) is 15.3. The molecule has 0 aromatic carbocycles. The number of pyridine rings is 1. The first-order chi connectivity index (χ1) is 13.1. The average Bonchev–Trinajstić information content (AvgIpc) is 3.11. The van der Waals surface area contributed by atoms with E-state index in [0.717, 1.165) is 56.6 Å². The van der Waals surface area contributed by atoms with E-state index in [9.17, 15) is 9.90 Å². The van der Waals surface area contributed by atoms with Gasteiger partial charge in [0.05, 0.1) is 17.9 Å². The standard InChI is InChI=1S/C18H23N7O2/c1-23-7-9-24(10-8-23)6-2-4-20-16-13-3-5-19-12-15(13)25-17(22-16)14(11-21-25)18(26)27/h3,5,11-12H,2,4,6-10H2,1H3,(H,20,22)(H,26,27). The minimum atomic E-state index is -1.04. The van der Waals surface area contributed by atoms with Crippen LogP contribution in [0.15, 0.2) is 24.7 Å². The van der Waals surface area contributed by atoms with Gasteiger partial charge in [-0.05, 0) is 26.1 Å². The van der Waals surface area contributed by atoms with Gasteiger partial charge in [-0.15, -0.1) is 0 Å². The summed E-state index contributed by atoms with van der Waals surface area (Å²) in [5.41, 5.74) is 1.14. The molecule has 0 saturated carbocycles. The summed E-state index contributed by atoms with van der Waals surface area (Å²) < 4.78 is 1.53. The van der Waals surface area contributed by atoms with Gasteiger partial charge < -0.3 is 20.2 Å². The van der Waals surface area contributed by atoms with Crippen molar-refractivity contribution in [3.05, 3.63) is 30.2 Å². The van der Waals surface area contributed by atoms with E-state index in [1.54, 1.807) is 12.4 Å². The third kappa shape index (κ3) is 3.56. The fourth-order valence-electron chi connectivity index (χ4n) is 3.41.